The fourth-order valence-corrected chi connectivity index (χ4v) is 2.29. The molecule has 0 saturated carbocycles. The molecule has 0 aliphatic heterocycles. The Morgan fingerprint density at radius 3 is 2.64 bits per heavy atom. The van der Waals surface area contributed by atoms with Crippen molar-refractivity contribution < 1.29 is 13.9 Å². The van der Waals surface area contributed by atoms with Gasteiger partial charge in [-0.05, 0) is 37.1 Å². The largest absolute Gasteiger partial charge is 0.486 e. The number of aromatic nitrogens is 1. The lowest BCUT2D eigenvalue weighted by Crippen LogP contribution is -2.36. The van der Waals surface area contributed by atoms with Gasteiger partial charge in [0.2, 0.25) is 0 Å². The lowest BCUT2D eigenvalue weighted by atomic mass is 10.1. The van der Waals surface area contributed by atoms with Crippen LogP contribution in [0.4, 0.5) is 4.39 Å². The normalized spacial score (nSPS) is 12.2. The Kier molecular flexibility index (Phi) is 5.49. The number of hydrogen-bond acceptors (Lipinski definition) is 4. The molecule has 0 bridgehead atoms. The highest BCUT2D eigenvalue weighted by Gasteiger charge is 2.15. The Hall–Kier alpha value is -1.95. The van der Waals surface area contributed by atoms with E-state index in [0.29, 0.717) is 22.4 Å². The van der Waals surface area contributed by atoms with Crippen LogP contribution in [0, 0.1) is 11.7 Å². The van der Waals surface area contributed by atoms with E-state index in [4.69, 9.17) is 4.74 Å². The minimum atomic E-state index is -0.306. The van der Waals surface area contributed by atoms with Crippen LogP contribution < -0.4 is 10.1 Å². The topological polar surface area (TPSA) is 51.2 Å². The molecule has 0 saturated heterocycles. The molecule has 1 N–H and O–H groups in total. The molecule has 0 spiro atoms. The molecule has 1 heterocycles. The van der Waals surface area contributed by atoms with E-state index in [1.165, 1.54) is 23.5 Å². The van der Waals surface area contributed by atoms with Crippen LogP contribution in [0.1, 0.15) is 36.3 Å². The number of nitrogens with one attached hydrogen (secondary N) is 1. The number of benzene rings is 1. The van der Waals surface area contributed by atoms with Crippen LogP contribution in [0.15, 0.2) is 29.6 Å². The van der Waals surface area contributed by atoms with Gasteiger partial charge in [-0.2, -0.15) is 0 Å². The van der Waals surface area contributed by atoms with Crippen molar-refractivity contribution in [2.45, 2.75) is 33.4 Å². The van der Waals surface area contributed by atoms with Gasteiger partial charge in [-0.3, -0.25) is 4.79 Å². The predicted molar refractivity (Wildman–Crippen MR) is 84.6 cm³/mol. The van der Waals surface area contributed by atoms with Gasteiger partial charge < -0.3 is 10.1 Å². The van der Waals surface area contributed by atoms with E-state index in [-0.39, 0.29) is 24.4 Å². The summed E-state index contributed by atoms with van der Waals surface area (Å²) >= 11 is 1.36. The summed E-state index contributed by atoms with van der Waals surface area (Å²) in [6.45, 7) is 6.32. The standard InChI is InChI=1S/C16H19FN2O2S/c1-10(2)11(3)18-16(20)14-9-22-15(19-14)8-21-13-6-4-12(17)5-7-13/h4-7,9-11H,8H2,1-3H3,(H,18,20). The molecule has 0 aliphatic rings. The zero-order chi connectivity index (χ0) is 16.1. The molecular weight excluding hydrogens is 303 g/mol. The number of ether oxygens (including phenoxy) is 1. The smallest absolute Gasteiger partial charge is 0.270 e. The van der Waals surface area contributed by atoms with E-state index in [1.54, 1.807) is 17.5 Å². The van der Waals surface area contributed by atoms with Crippen molar-refractivity contribution in [1.29, 1.82) is 0 Å². The molecule has 2 aromatic rings. The number of nitrogens with zero attached hydrogens (tertiary/aromatic N) is 1. The quantitative estimate of drug-likeness (QED) is 0.883. The fraction of sp³-hybridized carbons (Fsp3) is 0.375. The van der Waals surface area contributed by atoms with Gasteiger partial charge in [-0.15, -0.1) is 11.3 Å². The summed E-state index contributed by atoms with van der Waals surface area (Å²) in [4.78, 5) is 16.3. The molecule has 118 valence electrons. The van der Waals surface area contributed by atoms with Crippen molar-refractivity contribution in [3.8, 4) is 5.75 Å². The molecule has 0 radical (unpaired) electrons. The number of rotatable bonds is 6. The summed E-state index contributed by atoms with van der Waals surface area (Å²) in [5, 5.41) is 5.33. The van der Waals surface area contributed by atoms with Crippen LogP contribution in [-0.2, 0) is 6.61 Å². The molecule has 0 aliphatic carbocycles. The highest BCUT2D eigenvalue weighted by molar-refractivity contribution is 7.09. The van der Waals surface area contributed by atoms with E-state index in [0.717, 1.165) is 0 Å². The Labute approximate surface area is 133 Å². The third-order valence-corrected chi connectivity index (χ3v) is 4.14. The van der Waals surface area contributed by atoms with Crippen LogP contribution in [-0.4, -0.2) is 16.9 Å². The highest BCUT2D eigenvalue weighted by Crippen LogP contribution is 2.16. The Morgan fingerprint density at radius 2 is 2.00 bits per heavy atom. The summed E-state index contributed by atoms with van der Waals surface area (Å²) in [7, 11) is 0. The van der Waals surface area contributed by atoms with Crippen LogP contribution >= 0.6 is 11.3 Å². The molecule has 6 heteroatoms. The molecule has 22 heavy (non-hydrogen) atoms. The molecule has 0 fully saturated rings. The van der Waals surface area contributed by atoms with Gasteiger partial charge in [-0.25, -0.2) is 9.37 Å². The second-order valence-electron chi connectivity index (χ2n) is 5.38. The number of halogens is 1. The Bertz CT molecular complexity index is 625. The van der Waals surface area contributed by atoms with Gasteiger partial charge in [0.15, 0.2) is 0 Å². The number of hydrogen-bond donors (Lipinski definition) is 1. The number of amides is 1. The van der Waals surface area contributed by atoms with Crippen LogP contribution in [0.25, 0.3) is 0 Å². The van der Waals surface area contributed by atoms with E-state index in [1.807, 2.05) is 20.8 Å². The first kappa shape index (κ1) is 16.4. The average molecular weight is 322 g/mol. The molecule has 1 amide bonds. The van der Waals surface area contributed by atoms with Gasteiger partial charge in [-0.1, -0.05) is 13.8 Å². The van der Waals surface area contributed by atoms with Gasteiger partial charge in [0.1, 0.15) is 28.9 Å². The summed E-state index contributed by atoms with van der Waals surface area (Å²) in [5.74, 6) is 0.449. The maximum atomic E-state index is 12.8. The zero-order valence-corrected chi connectivity index (χ0v) is 13.6. The van der Waals surface area contributed by atoms with Crippen LogP contribution in [0.5, 0.6) is 5.75 Å². The minimum Gasteiger partial charge on any atom is -0.486 e. The summed E-state index contributed by atoms with van der Waals surface area (Å²) in [6.07, 6.45) is 0. The first-order valence-electron chi connectivity index (χ1n) is 7.09. The van der Waals surface area contributed by atoms with Crippen molar-refractivity contribution in [2.24, 2.45) is 5.92 Å². The zero-order valence-electron chi connectivity index (χ0n) is 12.8. The highest BCUT2D eigenvalue weighted by atomic mass is 32.1. The van der Waals surface area contributed by atoms with E-state index < -0.39 is 0 Å². The monoisotopic (exact) mass is 322 g/mol. The number of carbonyl (C=O) groups is 1. The van der Waals surface area contributed by atoms with Crippen molar-refractivity contribution >= 4 is 17.2 Å². The third kappa shape index (κ3) is 4.53. The van der Waals surface area contributed by atoms with Gasteiger partial charge >= 0.3 is 0 Å². The van der Waals surface area contributed by atoms with E-state index in [2.05, 4.69) is 10.3 Å². The molecule has 2 rings (SSSR count). The second kappa shape index (κ2) is 7.35. The third-order valence-electron chi connectivity index (χ3n) is 3.32. The summed E-state index contributed by atoms with van der Waals surface area (Å²) in [6, 6.07) is 5.88. The van der Waals surface area contributed by atoms with Gasteiger partial charge in [0.05, 0.1) is 0 Å². The Balaban J connectivity index is 1.91. The first-order valence-corrected chi connectivity index (χ1v) is 7.97. The van der Waals surface area contributed by atoms with Crippen molar-refractivity contribution in [2.75, 3.05) is 0 Å². The molecule has 1 atom stereocenters. The summed E-state index contributed by atoms with van der Waals surface area (Å²) in [5.41, 5.74) is 0.398. The predicted octanol–water partition coefficient (Wildman–Crippen LogP) is 3.64. The lowest BCUT2D eigenvalue weighted by molar-refractivity contribution is 0.0926. The molecule has 1 unspecified atom stereocenters. The number of carbonyl (C=O) groups excluding carboxylic acids is 1. The molecule has 4 nitrogen and oxygen atoms in total. The Morgan fingerprint density at radius 1 is 1.32 bits per heavy atom. The fourth-order valence-electron chi connectivity index (χ4n) is 1.60. The van der Waals surface area contributed by atoms with E-state index >= 15 is 0 Å². The average Bonchev–Trinajstić information content (AvgIpc) is 2.95. The summed E-state index contributed by atoms with van der Waals surface area (Å²) < 4.78 is 18.3. The van der Waals surface area contributed by atoms with Crippen LogP contribution in [0.3, 0.4) is 0 Å². The maximum Gasteiger partial charge on any atom is 0.270 e. The van der Waals surface area contributed by atoms with Crippen molar-refractivity contribution in [3.05, 3.63) is 46.2 Å². The first-order chi connectivity index (χ1) is 10.5. The molecule has 1 aromatic heterocycles. The van der Waals surface area contributed by atoms with Crippen molar-refractivity contribution in [1.82, 2.24) is 10.3 Å². The van der Waals surface area contributed by atoms with Crippen LogP contribution in [0.2, 0.25) is 0 Å². The number of thiazole rings is 1. The van der Waals surface area contributed by atoms with Crippen molar-refractivity contribution in [3.63, 3.8) is 0 Å². The van der Waals surface area contributed by atoms with E-state index in [9.17, 15) is 9.18 Å². The molecule has 1 aromatic carbocycles. The second-order valence-corrected chi connectivity index (χ2v) is 6.32. The molecular formula is C16H19FN2O2S. The lowest BCUT2D eigenvalue weighted by Gasteiger charge is -2.16. The van der Waals surface area contributed by atoms with Gasteiger partial charge in [0.25, 0.3) is 5.91 Å². The van der Waals surface area contributed by atoms with Gasteiger partial charge in [0, 0.05) is 11.4 Å². The maximum absolute atomic E-state index is 12.8. The SMILES string of the molecule is CC(C)C(C)NC(=O)c1csc(COc2ccc(F)cc2)n1. The minimum absolute atomic E-state index is 0.0908.